The monoisotopic (exact) mass is 339 g/mol. The van der Waals surface area contributed by atoms with E-state index in [1.54, 1.807) is 18.5 Å². The summed E-state index contributed by atoms with van der Waals surface area (Å²) in [5, 5.41) is 0.976. The van der Waals surface area contributed by atoms with Crippen LogP contribution in [-0.2, 0) is 6.54 Å². The van der Waals surface area contributed by atoms with Gasteiger partial charge in [-0.1, -0.05) is 0 Å². The Balaban J connectivity index is 1.48. The molecule has 2 aromatic heterocycles. The van der Waals surface area contributed by atoms with Crippen molar-refractivity contribution in [2.45, 2.75) is 19.9 Å². The highest BCUT2D eigenvalue weighted by atomic mass is 19.1. The first-order chi connectivity index (χ1) is 12.2. The molecule has 0 unspecified atom stereocenters. The minimum atomic E-state index is -0.186. The van der Waals surface area contributed by atoms with Crippen LogP contribution in [0.15, 0.2) is 36.7 Å². The molecule has 4 rings (SSSR count). The molecule has 6 heteroatoms. The molecule has 1 N–H and O–H groups in total. The molecule has 0 saturated carbocycles. The second-order valence-electron chi connectivity index (χ2n) is 6.58. The number of benzene rings is 1. The van der Waals surface area contributed by atoms with Gasteiger partial charge in [0.25, 0.3) is 0 Å². The molecule has 0 bridgehead atoms. The Labute approximate surface area is 146 Å². The molecule has 1 aromatic carbocycles. The average Bonchev–Trinajstić information content (AvgIpc) is 2.81. The number of anilines is 1. The number of hydrogen-bond acceptors (Lipinski definition) is 4. The van der Waals surface area contributed by atoms with Gasteiger partial charge in [-0.05, 0) is 43.2 Å². The molecule has 1 aliphatic heterocycles. The number of hydrogen-bond donors (Lipinski definition) is 1. The van der Waals surface area contributed by atoms with Crippen molar-refractivity contribution >= 4 is 16.9 Å². The number of nitrogens with zero attached hydrogens (tertiary/aromatic N) is 4. The molecule has 0 aliphatic carbocycles. The fourth-order valence-corrected chi connectivity index (χ4v) is 3.52. The van der Waals surface area contributed by atoms with Crippen molar-refractivity contribution in [1.82, 2.24) is 19.9 Å². The molecule has 1 saturated heterocycles. The quantitative estimate of drug-likeness (QED) is 0.796. The van der Waals surface area contributed by atoms with Gasteiger partial charge in [0.15, 0.2) is 0 Å². The van der Waals surface area contributed by atoms with Crippen LogP contribution in [0.2, 0.25) is 0 Å². The maximum atomic E-state index is 13.5. The molecule has 0 atom stereocenters. The van der Waals surface area contributed by atoms with Crippen LogP contribution >= 0.6 is 0 Å². The minimum Gasteiger partial charge on any atom is -0.357 e. The van der Waals surface area contributed by atoms with E-state index in [2.05, 4.69) is 31.7 Å². The van der Waals surface area contributed by atoms with Crippen molar-refractivity contribution in [3.63, 3.8) is 0 Å². The predicted molar refractivity (Wildman–Crippen MR) is 97.1 cm³/mol. The Bertz CT molecular complexity index is 861. The smallest absolute Gasteiger partial charge is 0.225 e. The highest BCUT2D eigenvalue weighted by molar-refractivity contribution is 5.84. The Morgan fingerprint density at radius 1 is 1.12 bits per heavy atom. The first-order valence-electron chi connectivity index (χ1n) is 8.72. The first-order valence-corrected chi connectivity index (χ1v) is 8.72. The lowest BCUT2D eigenvalue weighted by Gasteiger charge is -2.21. The first kappa shape index (κ1) is 16.0. The zero-order chi connectivity index (χ0) is 17.2. The topological polar surface area (TPSA) is 48.1 Å². The van der Waals surface area contributed by atoms with Crippen LogP contribution in [0.5, 0.6) is 0 Å². The van der Waals surface area contributed by atoms with E-state index in [9.17, 15) is 4.39 Å². The third kappa shape index (κ3) is 3.35. The molecule has 130 valence electrons. The van der Waals surface area contributed by atoms with Crippen molar-refractivity contribution < 1.29 is 4.39 Å². The maximum absolute atomic E-state index is 13.5. The fourth-order valence-electron chi connectivity index (χ4n) is 3.52. The summed E-state index contributed by atoms with van der Waals surface area (Å²) in [7, 11) is 0. The molecule has 1 aliphatic rings. The van der Waals surface area contributed by atoms with Crippen LogP contribution in [0.1, 0.15) is 17.7 Å². The summed E-state index contributed by atoms with van der Waals surface area (Å²) in [4.78, 5) is 16.9. The van der Waals surface area contributed by atoms with Crippen molar-refractivity contribution in [3.05, 3.63) is 53.7 Å². The summed E-state index contributed by atoms with van der Waals surface area (Å²) in [6.07, 6.45) is 4.65. The normalized spacial score (nSPS) is 16.3. The van der Waals surface area contributed by atoms with E-state index < -0.39 is 0 Å². The van der Waals surface area contributed by atoms with E-state index in [-0.39, 0.29) is 5.82 Å². The Kier molecular flexibility index (Phi) is 4.36. The van der Waals surface area contributed by atoms with Crippen LogP contribution in [-0.4, -0.2) is 46.0 Å². The number of aromatic nitrogens is 3. The van der Waals surface area contributed by atoms with Crippen molar-refractivity contribution in [2.24, 2.45) is 0 Å². The second-order valence-corrected chi connectivity index (χ2v) is 6.58. The maximum Gasteiger partial charge on any atom is 0.225 e. The number of aryl methyl sites for hydroxylation is 1. The molecule has 25 heavy (non-hydrogen) atoms. The molecule has 0 spiro atoms. The van der Waals surface area contributed by atoms with Gasteiger partial charge in [0.2, 0.25) is 5.95 Å². The second kappa shape index (κ2) is 6.80. The summed E-state index contributed by atoms with van der Waals surface area (Å²) < 4.78 is 13.5. The van der Waals surface area contributed by atoms with Gasteiger partial charge in [-0.25, -0.2) is 14.4 Å². The van der Waals surface area contributed by atoms with Gasteiger partial charge >= 0.3 is 0 Å². The molecule has 0 amide bonds. The summed E-state index contributed by atoms with van der Waals surface area (Å²) >= 11 is 0. The molecule has 0 radical (unpaired) electrons. The lowest BCUT2D eigenvalue weighted by atomic mass is 10.1. The zero-order valence-corrected chi connectivity index (χ0v) is 14.4. The lowest BCUT2D eigenvalue weighted by molar-refractivity contribution is 0.282. The van der Waals surface area contributed by atoms with Gasteiger partial charge in [0, 0.05) is 61.7 Å². The molecule has 3 heterocycles. The van der Waals surface area contributed by atoms with Gasteiger partial charge < -0.3 is 9.88 Å². The van der Waals surface area contributed by atoms with Gasteiger partial charge in [-0.15, -0.1) is 0 Å². The van der Waals surface area contributed by atoms with E-state index in [0.717, 1.165) is 61.6 Å². The van der Waals surface area contributed by atoms with E-state index in [1.165, 1.54) is 11.8 Å². The SMILES string of the molecule is Cc1c(CN2CCCN(c3ncccn3)CC2)[nH]c2ccc(F)cc12. The van der Waals surface area contributed by atoms with Gasteiger partial charge in [-0.3, -0.25) is 4.90 Å². The Morgan fingerprint density at radius 2 is 1.96 bits per heavy atom. The molecular weight excluding hydrogens is 317 g/mol. The van der Waals surface area contributed by atoms with E-state index >= 15 is 0 Å². The van der Waals surface area contributed by atoms with Gasteiger partial charge in [0.05, 0.1) is 0 Å². The molecule has 1 fully saturated rings. The van der Waals surface area contributed by atoms with Crippen LogP contribution in [0.4, 0.5) is 10.3 Å². The molecule has 3 aromatic rings. The van der Waals surface area contributed by atoms with Crippen molar-refractivity contribution in [1.29, 1.82) is 0 Å². The van der Waals surface area contributed by atoms with E-state index in [0.29, 0.717) is 0 Å². The minimum absolute atomic E-state index is 0.186. The van der Waals surface area contributed by atoms with Crippen molar-refractivity contribution in [3.8, 4) is 0 Å². The molecular formula is C19H22FN5. The average molecular weight is 339 g/mol. The summed E-state index contributed by atoms with van der Waals surface area (Å²) in [6.45, 7) is 6.80. The van der Waals surface area contributed by atoms with Crippen LogP contribution in [0, 0.1) is 12.7 Å². The number of aromatic amines is 1. The van der Waals surface area contributed by atoms with Gasteiger partial charge in [-0.2, -0.15) is 0 Å². The number of halogens is 1. The van der Waals surface area contributed by atoms with E-state index in [4.69, 9.17) is 0 Å². The summed E-state index contributed by atoms with van der Waals surface area (Å²) in [5.74, 6) is 0.621. The van der Waals surface area contributed by atoms with Gasteiger partial charge in [0.1, 0.15) is 5.82 Å². The predicted octanol–water partition coefficient (Wildman–Crippen LogP) is 3.12. The number of nitrogens with one attached hydrogen (secondary N) is 1. The largest absolute Gasteiger partial charge is 0.357 e. The third-order valence-electron chi connectivity index (χ3n) is 4.93. The zero-order valence-electron chi connectivity index (χ0n) is 14.4. The van der Waals surface area contributed by atoms with Crippen molar-refractivity contribution in [2.75, 3.05) is 31.1 Å². The Hall–Kier alpha value is -2.47. The van der Waals surface area contributed by atoms with Crippen LogP contribution < -0.4 is 4.90 Å². The highest BCUT2D eigenvalue weighted by Crippen LogP contribution is 2.24. The number of rotatable bonds is 3. The van der Waals surface area contributed by atoms with Crippen LogP contribution in [0.3, 0.4) is 0 Å². The Morgan fingerprint density at radius 3 is 2.80 bits per heavy atom. The standard InChI is InChI=1S/C19H22FN5/c1-14-16-12-15(20)4-5-17(16)23-18(14)13-24-8-3-9-25(11-10-24)19-21-6-2-7-22-19/h2,4-7,12,23H,3,8-11,13H2,1H3. The fraction of sp³-hybridized carbons (Fsp3) is 0.368. The lowest BCUT2D eigenvalue weighted by Crippen LogP contribution is -2.31. The molecule has 5 nitrogen and oxygen atoms in total. The van der Waals surface area contributed by atoms with Crippen LogP contribution in [0.25, 0.3) is 10.9 Å². The number of H-pyrrole nitrogens is 1. The third-order valence-corrected chi connectivity index (χ3v) is 4.93. The highest BCUT2D eigenvalue weighted by Gasteiger charge is 2.18. The van der Waals surface area contributed by atoms with E-state index in [1.807, 2.05) is 12.1 Å². The summed E-state index contributed by atoms with van der Waals surface area (Å²) in [5.41, 5.74) is 3.31. The number of fused-ring (bicyclic) bond motifs is 1. The summed E-state index contributed by atoms with van der Waals surface area (Å²) in [6, 6.07) is 6.78.